The second-order valence-corrected chi connectivity index (χ2v) is 7.09. The Morgan fingerprint density at radius 1 is 1.35 bits per heavy atom. The molecule has 0 saturated heterocycles. The highest BCUT2D eigenvalue weighted by Gasteiger charge is 2.18. The number of hydrogen-bond acceptors (Lipinski definition) is 5. The molecule has 1 aromatic heterocycles. The fourth-order valence-electron chi connectivity index (χ4n) is 1.98. The fourth-order valence-corrected chi connectivity index (χ4v) is 3.25. The number of ether oxygens (including phenoxy) is 1. The summed E-state index contributed by atoms with van der Waals surface area (Å²) in [6, 6.07) is 5.26. The highest BCUT2D eigenvalue weighted by molar-refractivity contribution is 7.99. The van der Waals surface area contributed by atoms with Gasteiger partial charge >= 0.3 is 5.97 Å². The van der Waals surface area contributed by atoms with Gasteiger partial charge in [-0.1, -0.05) is 48.8 Å². The van der Waals surface area contributed by atoms with Crippen LogP contribution < -0.4 is 0 Å². The van der Waals surface area contributed by atoms with E-state index in [2.05, 4.69) is 28.8 Å². The predicted molar refractivity (Wildman–Crippen MR) is 93.1 cm³/mol. The first-order valence-corrected chi connectivity index (χ1v) is 8.74. The van der Waals surface area contributed by atoms with E-state index in [0.717, 1.165) is 5.56 Å². The number of carbonyl (C=O) groups is 1. The Labute approximate surface area is 149 Å². The Balaban J connectivity index is 2.39. The first-order valence-electron chi connectivity index (χ1n) is 7.00. The smallest absolute Gasteiger partial charge is 0.316 e. The molecule has 0 amide bonds. The van der Waals surface area contributed by atoms with Gasteiger partial charge in [-0.15, -0.1) is 10.2 Å². The molecule has 1 aromatic carbocycles. The standard InChI is InChI=1S/C15H17Cl2N3O2S/c1-9(2)7-20-14(11-5-4-10(16)6-12(11)17)18-19-15(20)23-8-13(21)22-3/h4-6,9H,7-8H2,1-3H3. The lowest BCUT2D eigenvalue weighted by Crippen LogP contribution is -2.10. The van der Waals surface area contributed by atoms with Crippen LogP contribution in [0.4, 0.5) is 0 Å². The SMILES string of the molecule is COC(=O)CSc1nnc(-c2ccc(Cl)cc2Cl)n1CC(C)C. The van der Waals surface area contributed by atoms with Gasteiger partial charge in [0.25, 0.3) is 0 Å². The monoisotopic (exact) mass is 373 g/mol. The molecule has 0 saturated carbocycles. The lowest BCUT2D eigenvalue weighted by molar-refractivity contribution is -0.137. The average molecular weight is 374 g/mol. The Kier molecular flexibility index (Phi) is 6.33. The second kappa shape index (κ2) is 8.04. The number of thioether (sulfide) groups is 1. The first kappa shape index (κ1) is 18.1. The third-order valence-electron chi connectivity index (χ3n) is 2.98. The van der Waals surface area contributed by atoms with Crippen LogP contribution in [-0.2, 0) is 16.1 Å². The van der Waals surface area contributed by atoms with E-state index >= 15 is 0 Å². The molecule has 0 fully saturated rings. The molecule has 0 aliphatic heterocycles. The fraction of sp³-hybridized carbons (Fsp3) is 0.400. The molecule has 0 spiro atoms. The van der Waals surface area contributed by atoms with Gasteiger partial charge in [0.1, 0.15) is 0 Å². The largest absolute Gasteiger partial charge is 0.468 e. The molecule has 1 heterocycles. The van der Waals surface area contributed by atoms with Crippen molar-refractivity contribution in [1.29, 1.82) is 0 Å². The quantitative estimate of drug-likeness (QED) is 0.561. The van der Waals surface area contributed by atoms with Crippen molar-refractivity contribution < 1.29 is 9.53 Å². The third kappa shape index (κ3) is 4.62. The summed E-state index contributed by atoms with van der Waals surface area (Å²) in [7, 11) is 1.36. The van der Waals surface area contributed by atoms with E-state index in [-0.39, 0.29) is 11.7 Å². The van der Waals surface area contributed by atoms with Crippen molar-refractivity contribution in [2.24, 2.45) is 5.92 Å². The summed E-state index contributed by atoms with van der Waals surface area (Å²) in [6.45, 7) is 4.91. The lowest BCUT2D eigenvalue weighted by Gasteiger charge is -2.13. The van der Waals surface area contributed by atoms with Gasteiger partial charge in [-0.2, -0.15) is 0 Å². The molecular formula is C15H17Cl2N3O2S. The number of halogens is 2. The molecule has 2 rings (SSSR count). The van der Waals surface area contributed by atoms with E-state index in [1.165, 1.54) is 18.9 Å². The molecule has 8 heteroatoms. The topological polar surface area (TPSA) is 57.0 Å². The number of carbonyl (C=O) groups excluding carboxylic acids is 1. The molecule has 23 heavy (non-hydrogen) atoms. The predicted octanol–water partition coefficient (Wildman–Crippen LogP) is 4.17. The summed E-state index contributed by atoms with van der Waals surface area (Å²) in [5.41, 5.74) is 0.758. The van der Waals surface area contributed by atoms with E-state index in [9.17, 15) is 4.79 Å². The molecule has 0 radical (unpaired) electrons. The zero-order valence-corrected chi connectivity index (χ0v) is 15.4. The number of nitrogens with zero attached hydrogens (tertiary/aromatic N) is 3. The molecule has 124 valence electrons. The highest BCUT2D eigenvalue weighted by Crippen LogP contribution is 2.31. The van der Waals surface area contributed by atoms with Gasteiger partial charge in [-0.05, 0) is 24.1 Å². The van der Waals surface area contributed by atoms with Gasteiger partial charge in [0.05, 0.1) is 17.9 Å². The van der Waals surface area contributed by atoms with Crippen LogP contribution in [0.15, 0.2) is 23.4 Å². The van der Waals surface area contributed by atoms with Crippen LogP contribution in [0.3, 0.4) is 0 Å². The molecule has 0 unspecified atom stereocenters. The van der Waals surface area contributed by atoms with E-state index in [0.29, 0.717) is 33.5 Å². The van der Waals surface area contributed by atoms with Crippen LogP contribution in [0.1, 0.15) is 13.8 Å². The number of methoxy groups -OCH3 is 1. The van der Waals surface area contributed by atoms with Crippen molar-refractivity contribution >= 4 is 40.9 Å². The Hall–Kier alpha value is -1.24. The van der Waals surface area contributed by atoms with Gasteiger partial charge in [0.15, 0.2) is 11.0 Å². The van der Waals surface area contributed by atoms with Crippen molar-refractivity contribution in [3.05, 3.63) is 28.2 Å². The lowest BCUT2D eigenvalue weighted by atomic mass is 10.2. The number of aromatic nitrogens is 3. The van der Waals surface area contributed by atoms with Crippen LogP contribution in [0, 0.1) is 5.92 Å². The maximum atomic E-state index is 11.4. The van der Waals surface area contributed by atoms with Crippen molar-refractivity contribution in [1.82, 2.24) is 14.8 Å². The highest BCUT2D eigenvalue weighted by atomic mass is 35.5. The number of benzene rings is 1. The molecule has 2 aromatic rings. The van der Waals surface area contributed by atoms with Crippen LogP contribution in [0.5, 0.6) is 0 Å². The van der Waals surface area contributed by atoms with Gasteiger partial charge in [0, 0.05) is 17.1 Å². The normalized spacial score (nSPS) is 11.0. The zero-order chi connectivity index (χ0) is 17.0. The maximum absolute atomic E-state index is 11.4. The summed E-state index contributed by atoms with van der Waals surface area (Å²) in [6.07, 6.45) is 0. The average Bonchev–Trinajstić information content (AvgIpc) is 2.87. The van der Waals surface area contributed by atoms with E-state index in [4.69, 9.17) is 23.2 Å². The molecule has 0 bridgehead atoms. The van der Waals surface area contributed by atoms with Crippen molar-refractivity contribution in [2.45, 2.75) is 25.5 Å². The van der Waals surface area contributed by atoms with Gasteiger partial charge in [-0.3, -0.25) is 4.79 Å². The summed E-state index contributed by atoms with van der Waals surface area (Å²) < 4.78 is 6.63. The number of esters is 1. The second-order valence-electron chi connectivity index (χ2n) is 5.30. The summed E-state index contributed by atoms with van der Waals surface area (Å²) in [4.78, 5) is 11.4. The van der Waals surface area contributed by atoms with Crippen LogP contribution >= 0.6 is 35.0 Å². The molecule has 5 nitrogen and oxygen atoms in total. The maximum Gasteiger partial charge on any atom is 0.316 e. The van der Waals surface area contributed by atoms with Crippen LogP contribution in [0.25, 0.3) is 11.4 Å². The minimum atomic E-state index is -0.305. The Morgan fingerprint density at radius 3 is 2.70 bits per heavy atom. The van der Waals surface area contributed by atoms with Crippen molar-refractivity contribution in [2.75, 3.05) is 12.9 Å². The molecule has 0 atom stereocenters. The van der Waals surface area contributed by atoms with Crippen LogP contribution in [-0.4, -0.2) is 33.6 Å². The minimum Gasteiger partial charge on any atom is -0.468 e. The Morgan fingerprint density at radius 2 is 2.09 bits per heavy atom. The summed E-state index contributed by atoms with van der Waals surface area (Å²) in [5.74, 6) is 0.919. The van der Waals surface area contributed by atoms with Gasteiger partial charge in [-0.25, -0.2) is 0 Å². The first-order chi connectivity index (χ1) is 10.9. The van der Waals surface area contributed by atoms with E-state index in [1.807, 2.05) is 10.6 Å². The zero-order valence-electron chi connectivity index (χ0n) is 13.0. The summed E-state index contributed by atoms with van der Waals surface area (Å²) >= 11 is 13.5. The minimum absolute atomic E-state index is 0.182. The number of hydrogen-bond donors (Lipinski definition) is 0. The van der Waals surface area contributed by atoms with Crippen molar-refractivity contribution in [3.8, 4) is 11.4 Å². The van der Waals surface area contributed by atoms with Crippen LogP contribution in [0.2, 0.25) is 10.0 Å². The van der Waals surface area contributed by atoms with Gasteiger partial charge in [0.2, 0.25) is 0 Å². The number of rotatable bonds is 6. The molecule has 0 aliphatic rings. The molecule has 0 N–H and O–H groups in total. The van der Waals surface area contributed by atoms with Crippen molar-refractivity contribution in [3.63, 3.8) is 0 Å². The van der Waals surface area contributed by atoms with E-state index in [1.54, 1.807) is 12.1 Å². The summed E-state index contributed by atoms with van der Waals surface area (Å²) in [5, 5.41) is 10.2. The van der Waals surface area contributed by atoms with E-state index < -0.39 is 0 Å². The molecular weight excluding hydrogens is 357 g/mol. The Bertz CT molecular complexity index is 704. The molecule has 0 aliphatic carbocycles. The van der Waals surface area contributed by atoms with Gasteiger partial charge < -0.3 is 9.30 Å². The third-order valence-corrected chi connectivity index (χ3v) is 4.47.